The molecule has 0 aliphatic carbocycles. The van der Waals surface area contributed by atoms with Crippen LogP contribution in [-0.4, -0.2) is 36.1 Å². The van der Waals surface area contributed by atoms with Gasteiger partial charge in [-0.25, -0.2) is 4.98 Å². The molecule has 3 nitrogen and oxygen atoms in total. The molecule has 1 saturated heterocycles. The highest BCUT2D eigenvalue weighted by atomic mass is 35.5. The van der Waals surface area contributed by atoms with Gasteiger partial charge in [0.15, 0.2) is 0 Å². The minimum Gasteiger partial charge on any atom is -0.489 e. The summed E-state index contributed by atoms with van der Waals surface area (Å²) in [5.41, 5.74) is 0. The molecule has 1 aliphatic rings. The Morgan fingerprint density at radius 2 is 2.50 bits per heavy atom. The maximum Gasteiger partial charge on any atom is 0.132 e. The lowest BCUT2D eigenvalue weighted by Gasteiger charge is -2.13. The van der Waals surface area contributed by atoms with Gasteiger partial charge in [0, 0.05) is 25.4 Å². The van der Waals surface area contributed by atoms with Crippen molar-refractivity contribution in [1.82, 2.24) is 9.88 Å². The summed E-state index contributed by atoms with van der Waals surface area (Å²) in [6.45, 7) is 2.09. The predicted octanol–water partition coefficient (Wildman–Crippen LogP) is 1.82. The minimum absolute atomic E-state index is 0.290. The summed E-state index contributed by atoms with van der Waals surface area (Å²) in [7, 11) is 2.10. The Kier molecular flexibility index (Phi) is 2.89. The lowest BCUT2D eigenvalue weighted by atomic mass is 10.3. The number of likely N-dealkylation sites (tertiary alicyclic amines) is 1. The second-order valence-electron chi connectivity index (χ2n) is 3.61. The summed E-state index contributed by atoms with van der Waals surface area (Å²) in [6, 6.07) is 3.59. The van der Waals surface area contributed by atoms with Crippen molar-refractivity contribution in [3.8, 4) is 5.75 Å². The number of pyridine rings is 1. The fourth-order valence-corrected chi connectivity index (χ4v) is 1.81. The first-order valence-electron chi connectivity index (χ1n) is 4.71. The van der Waals surface area contributed by atoms with E-state index < -0.39 is 0 Å². The monoisotopic (exact) mass is 212 g/mol. The van der Waals surface area contributed by atoms with E-state index in [0.29, 0.717) is 11.3 Å². The van der Waals surface area contributed by atoms with Gasteiger partial charge in [0.1, 0.15) is 17.0 Å². The Balaban J connectivity index is 1.97. The summed E-state index contributed by atoms with van der Waals surface area (Å²) >= 11 is 5.76. The molecule has 4 heteroatoms. The third kappa shape index (κ3) is 2.36. The molecule has 0 aromatic carbocycles. The number of nitrogens with zero attached hydrogens (tertiary/aromatic N) is 2. The van der Waals surface area contributed by atoms with Crippen LogP contribution in [0.3, 0.4) is 0 Å². The molecule has 1 aromatic heterocycles. The van der Waals surface area contributed by atoms with Crippen LogP contribution in [0.4, 0.5) is 0 Å². The number of hydrogen-bond acceptors (Lipinski definition) is 3. The quantitative estimate of drug-likeness (QED) is 0.700. The van der Waals surface area contributed by atoms with Gasteiger partial charge in [-0.1, -0.05) is 11.6 Å². The van der Waals surface area contributed by atoms with Gasteiger partial charge in [0.25, 0.3) is 0 Å². The van der Waals surface area contributed by atoms with Crippen LogP contribution in [0.1, 0.15) is 6.42 Å². The van der Waals surface area contributed by atoms with Crippen LogP contribution in [0.25, 0.3) is 0 Å². The highest BCUT2D eigenvalue weighted by Gasteiger charge is 2.20. The van der Waals surface area contributed by atoms with Gasteiger partial charge in [0.05, 0.1) is 0 Å². The molecule has 1 aromatic rings. The van der Waals surface area contributed by atoms with Crippen molar-refractivity contribution in [2.24, 2.45) is 0 Å². The van der Waals surface area contributed by atoms with Crippen LogP contribution >= 0.6 is 11.6 Å². The summed E-state index contributed by atoms with van der Waals surface area (Å²) < 4.78 is 5.76. The fraction of sp³-hybridized carbons (Fsp3) is 0.500. The molecule has 1 atom stereocenters. The topological polar surface area (TPSA) is 25.4 Å². The van der Waals surface area contributed by atoms with Crippen molar-refractivity contribution in [1.29, 1.82) is 0 Å². The Hall–Kier alpha value is -0.800. The third-order valence-corrected chi connectivity index (χ3v) is 2.56. The number of hydrogen-bond donors (Lipinski definition) is 0. The molecular formula is C10H13ClN2O. The molecule has 0 radical (unpaired) electrons. The zero-order chi connectivity index (χ0) is 9.97. The first kappa shape index (κ1) is 9.74. The molecule has 0 spiro atoms. The maximum atomic E-state index is 5.76. The van der Waals surface area contributed by atoms with Crippen molar-refractivity contribution in [3.63, 3.8) is 0 Å². The van der Waals surface area contributed by atoms with Gasteiger partial charge in [-0.2, -0.15) is 0 Å². The van der Waals surface area contributed by atoms with Gasteiger partial charge < -0.3 is 9.64 Å². The molecule has 1 fully saturated rings. The van der Waals surface area contributed by atoms with Crippen LogP contribution in [0.15, 0.2) is 18.3 Å². The standard InChI is InChI=1S/C10H13ClN2O/c1-13-5-3-9(7-13)14-8-2-4-12-10(11)6-8/h2,4,6,9H,3,5,7H2,1H3. The zero-order valence-electron chi connectivity index (χ0n) is 8.11. The van der Waals surface area contributed by atoms with Gasteiger partial charge in [-0.05, 0) is 19.5 Å². The van der Waals surface area contributed by atoms with Crippen molar-refractivity contribution >= 4 is 11.6 Å². The van der Waals surface area contributed by atoms with Crippen molar-refractivity contribution in [2.75, 3.05) is 20.1 Å². The number of rotatable bonds is 2. The van der Waals surface area contributed by atoms with E-state index >= 15 is 0 Å². The van der Waals surface area contributed by atoms with Crippen LogP contribution in [-0.2, 0) is 0 Å². The largest absolute Gasteiger partial charge is 0.489 e. The molecule has 2 heterocycles. The van der Waals surface area contributed by atoms with Gasteiger partial charge in [-0.15, -0.1) is 0 Å². The molecule has 1 unspecified atom stereocenters. The predicted molar refractivity (Wildman–Crippen MR) is 55.8 cm³/mol. The molecule has 0 bridgehead atoms. The fourth-order valence-electron chi connectivity index (χ4n) is 1.64. The van der Waals surface area contributed by atoms with E-state index in [1.807, 2.05) is 6.07 Å². The van der Waals surface area contributed by atoms with Crippen LogP contribution in [0.2, 0.25) is 5.15 Å². The molecule has 0 N–H and O–H groups in total. The Bertz CT molecular complexity index is 319. The van der Waals surface area contributed by atoms with Crippen LogP contribution in [0.5, 0.6) is 5.75 Å². The van der Waals surface area contributed by atoms with E-state index in [1.165, 1.54) is 0 Å². The van der Waals surface area contributed by atoms with Crippen molar-refractivity contribution in [3.05, 3.63) is 23.5 Å². The van der Waals surface area contributed by atoms with E-state index in [9.17, 15) is 0 Å². The Morgan fingerprint density at radius 1 is 1.64 bits per heavy atom. The van der Waals surface area contributed by atoms with Gasteiger partial charge in [-0.3, -0.25) is 0 Å². The first-order valence-corrected chi connectivity index (χ1v) is 5.08. The highest BCUT2D eigenvalue weighted by Crippen LogP contribution is 2.19. The molecule has 76 valence electrons. The third-order valence-electron chi connectivity index (χ3n) is 2.35. The summed E-state index contributed by atoms with van der Waals surface area (Å²) in [5.74, 6) is 0.810. The SMILES string of the molecule is CN1CCC(Oc2ccnc(Cl)c2)C1. The van der Waals surface area contributed by atoms with Crippen LogP contribution < -0.4 is 4.74 Å². The second kappa shape index (κ2) is 4.15. The van der Waals surface area contributed by atoms with Crippen molar-refractivity contribution in [2.45, 2.75) is 12.5 Å². The molecule has 14 heavy (non-hydrogen) atoms. The van der Waals surface area contributed by atoms with Crippen LogP contribution in [0, 0.1) is 0 Å². The van der Waals surface area contributed by atoms with Gasteiger partial charge >= 0.3 is 0 Å². The van der Waals surface area contributed by atoms with E-state index in [1.54, 1.807) is 12.3 Å². The summed E-state index contributed by atoms with van der Waals surface area (Å²) in [6.07, 6.45) is 3.03. The molecule has 0 amide bonds. The van der Waals surface area contributed by atoms with Gasteiger partial charge in [0.2, 0.25) is 0 Å². The zero-order valence-corrected chi connectivity index (χ0v) is 8.87. The lowest BCUT2D eigenvalue weighted by Crippen LogP contribution is -2.21. The van der Waals surface area contributed by atoms with E-state index in [0.717, 1.165) is 25.3 Å². The molecule has 2 rings (SSSR count). The average Bonchev–Trinajstić information content (AvgIpc) is 2.51. The average molecular weight is 213 g/mol. The van der Waals surface area contributed by atoms with E-state index in [2.05, 4.69) is 16.9 Å². The molecular weight excluding hydrogens is 200 g/mol. The number of aromatic nitrogens is 1. The number of likely N-dealkylation sites (N-methyl/N-ethyl adjacent to an activating group) is 1. The molecule has 0 saturated carbocycles. The van der Waals surface area contributed by atoms with E-state index in [-0.39, 0.29) is 0 Å². The normalized spacial score (nSPS) is 22.6. The second-order valence-corrected chi connectivity index (χ2v) is 3.99. The Labute approximate surface area is 88.6 Å². The van der Waals surface area contributed by atoms with Crippen molar-refractivity contribution < 1.29 is 4.74 Å². The highest BCUT2D eigenvalue weighted by molar-refractivity contribution is 6.29. The molecule has 1 aliphatic heterocycles. The summed E-state index contributed by atoms with van der Waals surface area (Å²) in [4.78, 5) is 6.16. The lowest BCUT2D eigenvalue weighted by molar-refractivity contribution is 0.208. The first-order chi connectivity index (χ1) is 6.74. The maximum absolute atomic E-state index is 5.76. The number of halogens is 1. The smallest absolute Gasteiger partial charge is 0.132 e. The number of ether oxygens (including phenoxy) is 1. The summed E-state index contributed by atoms with van der Waals surface area (Å²) in [5, 5.41) is 0.480. The Morgan fingerprint density at radius 3 is 3.14 bits per heavy atom. The van der Waals surface area contributed by atoms with E-state index in [4.69, 9.17) is 16.3 Å². The minimum atomic E-state index is 0.290.